The van der Waals surface area contributed by atoms with E-state index in [0.717, 1.165) is 6.07 Å². The van der Waals surface area contributed by atoms with Gasteiger partial charge in [0.05, 0.1) is 0 Å². The third-order valence-electron chi connectivity index (χ3n) is 3.83. The summed E-state index contributed by atoms with van der Waals surface area (Å²) in [5.41, 5.74) is 1.18. The number of fused-ring (bicyclic) bond motifs is 1. The van der Waals surface area contributed by atoms with E-state index in [9.17, 15) is 13.6 Å². The highest BCUT2D eigenvalue weighted by atomic mass is 19.1. The first-order valence-electron chi connectivity index (χ1n) is 8.00. The van der Waals surface area contributed by atoms with Crippen molar-refractivity contribution in [1.82, 2.24) is 15.1 Å². The van der Waals surface area contributed by atoms with Crippen LogP contribution in [-0.2, 0) is 17.8 Å². The lowest BCUT2D eigenvalue weighted by Gasteiger charge is -2.33. The zero-order valence-corrected chi connectivity index (χ0v) is 14.6. The molecule has 0 bridgehead atoms. The van der Waals surface area contributed by atoms with Crippen molar-refractivity contribution in [3.8, 4) is 0 Å². The molecule has 0 saturated carbocycles. The lowest BCUT2D eigenvalue weighted by molar-refractivity contribution is -0.127. The number of amides is 1. The lowest BCUT2D eigenvalue weighted by Crippen LogP contribution is -2.47. The van der Waals surface area contributed by atoms with Gasteiger partial charge in [-0.05, 0) is 37.5 Å². The number of guanidine groups is 1. The fraction of sp³-hybridized carbons (Fsp3) is 0.529. The molecule has 0 radical (unpaired) electrons. The van der Waals surface area contributed by atoms with Crippen molar-refractivity contribution >= 4 is 11.9 Å². The second-order valence-corrected chi connectivity index (χ2v) is 6.42. The van der Waals surface area contributed by atoms with Crippen LogP contribution in [0.1, 0.15) is 25.0 Å². The predicted octanol–water partition coefficient (Wildman–Crippen LogP) is 1.77. The average Bonchev–Trinajstić information content (AvgIpc) is 2.49. The van der Waals surface area contributed by atoms with Crippen molar-refractivity contribution in [1.29, 1.82) is 0 Å². The van der Waals surface area contributed by atoms with Gasteiger partial charge in [-0.3, -0.25) is 4.79 Å². The summed E-state index contributed by atoms with van der Waals surface area (Å²) in [4.78, 5) is 19.6. The predicted molar refractivity (Wildman–Crippen MR) is 89.7 cm³/mol. The molecule has 1 aliphatic rings. The Morgan fingerprint density at radius 3 is 2.71 bits per heavy atom. The van der Waals surface area contributed by atoms with Gasteiger partial charge in [0.25, 0.3) is 0 Å². The first kappa shape index (κ1) is 18.2. The monoisotopic (exact) mass is 338 g/mol. The molecule has 0 aromatic heterocycles. The summed E-state index contributed by atoms with van der Waals surface area (Å²) in [5.74, 6) is -0.600. The summed E-state index contributed by atoms with van der Waals surface area (Å²) in [7, 11) is 3.35. The number of benzene rings is 1. The van der Waals surface area contributed by atoms with Gasteiger partial charge in [0.2, 0.25) is 5.91 Å². The van der Waals surface area contributed by atoms with Crippen LogP contribution >= 0.6 is 0 Å². The smallest absolute Gasteiger partial charge is 0.243 e. The van der Waals surface area contributed by atoms with Crippen molar-refractivity contribution in [2.45, 2.75) is 32.9 Å². The minimum atomic E-state index is -0.578. The first-order chi connectivity index (χ1) is 11.3. The van der Waals surface area contributed by atoms with Gasteiger partial charge < -0.3 is 15.1 Å². The Labute approximate surface area is 141 Å². The average molecular weight is 338 g/mol. The summed E-state index contributed by atoms with van der Waals surface area (Å²) in [6.45, 7) is 4.90. The van der Waals surface area contributed by atoms with Crippen LogP contribution < -0.4 is 5.32 Å². The minimum absolute atomic E-state index is 0.0307. The van der Waals surface area contributed by atoms with Gasteiger partial charge in [-0.1, -0.05) is 0 Å². The molecule has 1 N–H and O–H groups in total. The van der Waals surface area contributed by atoms with E-state index in [-0.39, 0.29) is 18.5 Å². The Morgan fingerprint density at radius 1 is 1.38 bits per heavy atom. The molecule has 0 saturated heterocycles. The van der Waals surface area contributed by atoms with Gasteiger partial charge in [-0.15, -0.1) is 0 Å². The Balaban J connectivity index is 2.21. The van der Waals surface area contributed by atoms with Crippen LogP contribution in [0.5, 0.6) is 0 Å². The van der Waals surface area contributed by atoms with Gasteiger partial charge in [-0.2, -0.15) is 0 Å². The quantitative estimate of drug-likeness (QED) is 0.675. The van der Waals surface area contributed by atoms with Crippen molar-refractivity contribution in [3.63, 3.8) is 0 Å². The summed E-state index contributed by atoms with van der Waals surface area (Å²) < 4.78 is 27.3. The Hall–Kier alpha value is -2.18. The van der Waals surface area contributed by atoms with Gasteiger partial charge in [-0.25, -0.2) is 13.8 Å². The third-order valence-corrected chi connectivity index (χ3v) is 3.83. The van der Waals surface area contributed by atoms with Crippen LogP contribution in [0.2, 0.25) is 0 Å². The molecule has 132 valence electrons. The number of nitrogens with one attached hydrogen (secondary N) is 1. The summed E-state index contributed by atoms with van der Waals surface area (Å²) in [5, 5.41) is 3.22. The standard InChI is InChI=1S/C17H24F2N4O/c1-11(2)21-17(20-9-16(24)22(3)4)23-6-5-14-12(10-23)7-13(18)8-15(14)19/h7-8,11H,5-6,9-10H2,1-4H3,(H,20,21). The van der Waals surface area contributed by atoms with Crippen molar-refractivity contribution in [2.75, 3.05) is 27.2 Å². The van der Waals surface area contributed by atoms with Crippen LogP contribution in [-0.4, -0.2) is 54.9 Å². The minimum Gasteiger partial charge on any atom is -0.354 e. The van der Waals surface area contributed by atoms with E-state index < -0.39 is 11.6 Å². The van der Waals surface area contributed by atoms with Crippen LogP contribution in [0.25, 0.3) is 0 Å². The lowest BCUT2D eigenvalue weighted by atomic mass is 9.99. The normalized spacial score (nSPS) is 14.6. The fourth-order valence-electron chi connectivity index (χ4n) is 2.57. The van der Waals surface area contributed by atoms with Gasteiger partial charge in [0.15, 0.2) is 5.96 Å². The number of hydrogen-bond donors (Lipinski definition) is 1. The number of likely N-dealkylation sites (N-methyl/N-ethyl adjacent to an activating group) is 1. The molecular formula is C17H24F2N4O. The summed E-state index contributed by atoms with van der Waals surface area (Å²) in [6, 6.07) is 2.41. The van der Waals surface area contributed by atoms with Crippen molar-refractivity contribution in [3.05, 3.63) is 34.9 Å². The molecule has 0 fully saturated rings. The van der Waals surface area contributed by atoms with Crippen molar-refractivity contribution in [2.24, 2.45) is 4.99 Å². The van der Waals surface area contributed by atoms with Crippen LogP contribution in [0.15, 0.2) is 17.1 Å². The SMILES string of the molecule is CC(C)NC(=NCC(=O)N(C)C)N1CCc2c(F)cc(F)cc2C1. The van der Waals surface area contributed by atoms with E-state index >= 15 is 0 Å². The summed E-state index contributed by atoms with van der Waals surface area (Å²) in [6.07, 6.45) is 0.474. The molecule has 1 aromatic carbocycles. The number of nitrogens with zero attached hydrogens (tertiary/aromatic N) is 3. The summed E-state index contributed by atoms with van der Waals surface area (Å²) >= 11 is 0. The van der Waals surface area contributed by atoms with Gasteiger partial charge >= 0.3 is 0 Å². The molecule has 1 heterocycles. The maximum absolute atomic E-state index is 13.9. The number of rotatable bonds is 3. The highest BCUT2D eigenvalue weighted by molar-refractivity contribution is 5.85. The molecule has 0 spiro atoms. The number of carbonyl (C=O) groups excluding carboxylic acids is 1. The van der Waals surface area contributed by atoms with E-state index in [0.29, 0.717) is 36.6 Å². The third kappa shape index (κ3) is 4.43. The molecule has 0 aliphatic carbocycles. The van der Waals surface area contributed by atoms with E-state index in [1.54, 1.807) is 14.1 Å². The second kappa shape index (κ2) is 7.59. The number of hydrogen-bond acceptors (Lipinski definition) is 2. The molecule has 7 heteroatoms. The molecule has 1 aliphatic heterocycles. The van der Waals surface area contributed by atoms with Gasteiger partial charge in [0, 0.05) is 39.3 Å². The molecule has 24 heavy (non-hydrogen) atoms. The largest absolute Gasteiger partial charge is 0.354 e. The second-order valence-electron chi connectivity index (χ2n) is 6.42. The maximum atomic E-state index is 13.9. The zero-order valence-electron chi connectivity index (χ0n) is 14.6. The molecule has 1 aromatic rings. The Kier molecular flexibility index (Phi) is 5.75. The Morgan fingerprint density at radius 2 is 2.08 bits per heavy atom. The van der Waals surface area contributed by atoms with E-state index in [1.165, 1.54) is 11.0 Å². The highest BCUT2D eigenvalue weighted by Crippen LogP contribution is 2.23. The van der Waals surface area contributed by atoms with Crippen LogP contribution in [0.3, 0.4) is 0 Å². The van der Waals surface area contributed by atoms with Crippen molar-refractivity contribution < 1.29 is 13.6 Å². The van der Waals surface area contributed by atoms with Gasteiger partial charge in [0.1, 0.15) is 18.2 Å². The molecule has 0 unspecified atom stereocenters. The van der Waals surface area contributed by atoms with E-state index in [2.05, 4.69) is 10.3 Å². The van der Waals surface area contributed by atoms with Crippen LogP contribution in [0.4, 0.5) is 8.78 Å². The zero-order chi connectivity index (χ0) is 17.9. The Bertz CT molecular complexity index is 644. The molecule has 5 nitrogen and oxygen atoms in total. The molecule has 2 rings (SSSR count). The molecule has 1 amide bonds. The first-order valence-corrected chi connectivity index (χ1v) is 8.00. The fourth-order valence-corrected chi connectivity index (χ4v) is 2.57. The number of aliphatic imine (C=N–C) groups is 1. The molecular weight excluding hydrogens is 314 g/mol. The topological polar surface area (TPSA) is 47.9 Å². The highest BCUT2D eigenvalue weighted by Gasteiger charge is 2.23. The number of halogens is 2. The number of carbonyl (C=O) groups is 1. The maximum Gasteiger partial charge on any atom is 0.243 e. The molecule has 0 atom stereocenters. The van der Waals surface area contributed by atoms with E-state index in [1.807, 2.05) is 18.7 Å². The van der Waals surface area contributed by atoms with E-state index in [4.69, 9.17) is 0 Å². The van der Waals surface area contributed by atoms with Crippen LogP contribution in [0, 0.1) is 11.6 Å².